The average Bonchev–Trinajstić information content (AvgIpc) is 2.50. The van der Waals surface area contributed by atoms with Crippen molar-refractivity contribution in [2.75, 3.05) is 6.54 Å². The molecule has 0 aromatic heterocycles. The molecule has 0 atom stereocenters. The molecular formula is C10H9NO4S. The van der Waals surface area contributed by atoms with Crippen LogP contribution in [0.15, 0.2) is 28.5 Å². The van der Waals surface area contributed by atoms with Gasteiger partial charge in [-0.1, -0.05) is 0 Å². The van der Waals surface area contributed by atoms with Gasteiger partial charge >= 0.3 is 5.97 Å². The molecule has 84 valence electrons. The third kappa shape index (κ3) is 1.52. The second kappa shape index (κ2) is 3.43. The van der Waals surface area contributed by atoms with Crippen molar-refractivity contribution >= 4 is 21.4 Å². The lowest BCUT2D eigenvalue weighted by molar-refractivity contribution is 0.0696. The molecule has 1 aliphatic heterocycles. The summed E-state index contributed by atoms with van der Waals surface area (Å²) >= 11 is 0. The molecule has 1 aromatic rings. The first kappa shape index (κ1) is 10.8. The topological polar surface area (TPSA) is 97.5 Å². The molecule has 5 nitrogen and oxygen atoms in total. The minimum Gasteiger partial charge on any atom is -0.478 e. The summed E-state index contributed by atoms with van der Waals surface area (Å²) in [5.41, 5.74) is 6.30. The molecule has 0 fully saturated rings. The first-order valence-electron chi connectivity index (χ1n) is 4.49. The minimum absolute atomic E-state index is 0.0511. The fourth-order valence-electron chi connectivity index (χ4n) is 1.63. The molecule has 0 radical (unpaired) electrons. The SMILES string of the molecule is NCC1=CS(=O)(=O)c2ccc(C(=O)O)cc21. The Morgan fingerprint density at radius 3 is 2.62 bits per heavy atom. The predicted molar refractivity (Wildman–Crippen MR) is 57.6 cm³/mol. The third-order valence-corrected chi connectivity index (χ3v) is 3.96. The van der Waals surface area contributed by atoms with Gasteiger partial charge in [-0.2, -0.15) is 0 Å². The smallest absolute Gasteiger partial charge is 0.335 e. The van der Waals surface area contributed by atoms with Crippen LogP contribution in [0.3, 0.4) is 0 Å². The van der Waals surface area contributed by atoms with Crippen molar-refractivity contribution in [2.45, 2.75) is 4.90 Å². The van der Waals surface area contributed by atoms with Gasteiger partial charge in [0.15, 0.2) is 0 Å². The minimum atomic E-state index is -3.44. The summed E-state index contributed by atoms with van der Waals surface area (Å²) < 4.78 is 23.2. The van der Waals surface area contributed by atoms with E-state index in [0.29, 0.717) is 11.1 Å². The van der Waals surface area contributed by atoms with Crippen molar-refractivity contribution in [3.8, 4) is 0 Å². The largest absolute Gasteiger partial charge is 0.478 e. The third-order valence-electron chi connectivity index (χ3n) is 2.40. The molecule has 0 bridgehead atoms. The molecule has 1 aromatic carbocycles. The van der Waals surface area contributed by atoms with Crippen LogP contribution in [0.25, 0.3) is 5.57 Å². The van der Waals surface area contributed by atoms with Crippen molar-refractivity contribution in [2.24, 2.45) is 5.73 Å². The zero-order valence-corrected chi connectivity index (χ0v) is 8.99. The highest BCUT2D eigenvalue weighted by atomic mass is 32.2. The lowest BCUT2D eigenvalue weighted by Crippen LogP contribution is -2.03. The van der Waals surface area contributed by atoms with Crippen LogP contribution in [-0.2, 0) is 9.84 Å². The Morgan fingerprint density at radius 1 is 1.38 bits per heavy atom. The highest BCUT2D eigenvalue weighted by molar-refractivity contribution is 7.95. The number of rotatable bonds is 2. The highest BCUT2D eigenvalue weighted by Gasteiger charge is 2.26. The second-order valence-electron chi connectivity index (χ2n) is 3.41. The summed E-state index contributed by atoms with van der Waals surface area (Å²) in [7, 11) is -3.44. The van der Waals surface area contributed by atoms with E-state index in [1.54, 1.807) is 0 Å². The maximum Gasteiger partial charge on any atom is 0.335 e. The van der Waals surface area contributed by atoms with E-state index >= 15 is 0 Å². The summed E-state index contributed by atoms with van der Waals surface area (Å²) in [5, 5.41) is 9.89. The van der Waals surface area contributed by atoms with Gasteiger partial charge in [-0.25, -0.2) is 13.2 Å². The van der Waals surface area contributed by atoms with E-state index in [-0.39, 0.29) is 17.0 Å². The van der Waals surface area contributed by atoms with Gasteiger partial charge in [0.2, 0.25) is 9.84 Å². The van der Waals surface area contributed by atoms with E-state index < -0.39 is 15.8 Å². The fourth-order valence-corrected chi connectivity index (χ4v) is 3.11. The van der Waals surface area contributed by atoms with Crippen molar-refractivity contribution in [1.82, 2.24) is 0 Å². The second-order valence-corrected chi connectivity index (χ2v) is 5.17. The van der Waals surface area contributed by atoms with E-state index in [4.69, 9.17) is 10.8 Å². The van der Waals surface area contributed by atoms with Gasteiger partial charge in [0.05, 0.1) is 10.5 Å². The van der Waals surface area contributed by atoms with Gasteiger partial charge in [0.25, 0.3) is 0 Å². The molecule has 1 heterocycles. The lowest BCUT2D eigenvalue weighted by atomic mass is 10.0. The van der Waals surface area contributed by atoms with Gasteiger partial charge in [-0.3, -0.25) is 0 Å². The molecule has 0 amide bonds. The number of carbonyl (C=O) groups is 1. The Morgan fingerprint density at radius 2 is 2.06 bits per heavy atom. The quantitative estimate of drug-likeness (QED) is 0.781. The predicted octanol–water partition coefficient (Wildman–Crippen LogP) is 0.472. The van der Waals surface area contributed by atoms with Crippen LogP contribution in [0.4, 0.5) is 0 Å². The zero-order chi connectivity index (χ0) is 11.9. The molecule has 0 aliphatic carbocycles. The molecule has 0 unspecified atom stereocenters. The molecular weight excluding hydrogens is 230 g/mol. The van der Waals surface area contributed by atoms with Crippen molar-refractivity contribution < 1.29 is 18.3 Å². The van der Waals surface area contributed by atoms with E-state index in [1.165, 1.54) is 18.2 Å². The van der Waals surface area contributed by atoms with Crippen LogP contribution in [0, 0.1) is 0 Å². The molecule has 0 saturated heterocycles. The average molecular weight is 239 g/mol. The number of fused-ring (bicyclic) bond motifs is 1. The van der Waals surface area contributed by atoms with Crippen LogP contribution in [0.5, 0.6) is 0 Å². The highest BCUT2D eigenvalue weighted by Crippen LogP contribution is 2.33. The van der Waals surface area contributed by atoms with Crippen molar-refractivity contribution in [3.63, 3.8) is 0 Å². The fraction of sp³-hybridized carbons (Fsp3) is 0.100. The van der Waals surface area contributed by atoms with Gasteiger partial charge in [-0.15, -0.1) is 0 Å². The Balaban J connectivity index is 2.70. The molecule has 0 spiro atoms. The first-order chi connectivity index (χ1) is 7.45. The standard InChI is InChI=1S/C10H9NO4S/c11-4-7-5-16(14,15)9-2-1-6(10(12)13)3-8(7)9/h1-3,5H,4,11H2,(H,12,13). The molecule has 3 N–H and O–H groups in total. The van der Waals surface area contributed by atoms with E-state index in [9.17, 15) is 13.2 Å². The van der Waals surface area contributed by atoms with Crippen molar-refractivity contribution in [3.05, 3.63) is 34.7 Å². The number of carboxylic acid groups (broad SMARTS) is 1. The Kier molecular flexibility index (Phi) is 2.32. The molecule has 6 heteroatoms. The first-order valence-corrected chi connectivity index (χ1v) is 6.04. The summed E-state index contributed by atoms with van der Waals surface area (Å²) in [6.07, 6.45) is 0. The maximum atomic E-state index is 11.6. The molecule has 2 rings (SSSR count). The van der Waals surface area contributed by atoms with E-state index in [0.717, 1.165) is 5.41 Å². The number of aromatic carboxylic acids is 1. The molecule has 16 heavy (non-hydrogen) atoms. The van der Waals surface area contributed by atoms with Crippen LogP contribution in [0.2, 0.25) is 0 Å². The molecule has 1 aliphatic rings. The monoisotopic (exact) mass is 239 g/mol. The van der Waals surface area contributed by atoms with Gasteiger partial charge < -0.3 is 10.8 Å². The number of hydrogen-bond donors (Lipinski definition) is 2. The van der Waals surface area contributed by atoms with Gasteiger partial charge in [0.1, 0.15) is 0 Å². The summed E-state index contributed by atoms with van der Waals surface area (Å²) in [4.78, 5) is 10.9. The normalized spacial score (nSPS) is 16.7. The van der Waals surface area contributed by atoms with Crippen LogP contribution in [0.1, 0.15) is 15.9 Å². The van der Waals surface area contributed by atoms with Crippen LogP contribution in [-0.4, -0.2) is 26.0 Å². The summed E-state index contributed by atoms with van der Waals surface area (Å²) in [6, 6.07) is 3.90. The Labute approximate surface area is 92.1 Å². The van der Waals surface area contributed by atoms with E-state index in [1.807, 2.05) is 0 Å². The lowest BCUT2D eigenvalue weighted by Gasteiger charge is -2.03. The number of hydrogen-bond acceptors (Lipinski definition) is 4. The number of carboxylic acids is 1. The van der Waals surface area contributed by atoms with Gasteiger partial charge in [-0.05, 0) is 29.3 Å². The number of sulfone groups is 1. The zero-order valence-electron chi connectivity index (χ0n) is 8.17. The van der Waals surface area contributed by atoms with Crippen LogP contribution >= 0.6 is 0 Å². The Bertz CT molecular complexity index is 601. The van der Waals surface area contributed by atoms with Crippen molar-refractivity contribution in [1.29, 1.82) is 0 Å². The van der Waals surface area contributed by atoms with Gasteiger partial charge in [0, 0.05) is 12.0 Å². The van der Waals surface area contributed by atoms with Crippen LogP contribution < -0.4 is 5.73 Å². The maximum absolute atomic E-state index is 11.6. The molecule has 0 saturated carbocycles. The number of nitrogens with two attached hydrogens (primary N) is 1. The summed E-state index contributed by atoms with van der Waals surface area (Å²) in [5.74, 6) is -1.09. The Hall–Kier alpha value is -1.66. The van der Waals surface area contributed by atoms with E-state index in [2.05, 4.69) is 0 Å². The number of benzene rings is 1. The summed E-state index contributed by atoms with van der Waals surface area (Å²) in [6.45, 7) is 0.0648.